The quantitative estimate of drug-likeness (QED) is 0.381. The second-order valence-electron chi connectivity index (χ2n) is 8.18. The third-order valence-corrected chi connectivity index (χ3v) is 6.65. The molecular weight excluding hydrogens is 459 g/mol. The highest BCUT2D eigenvalue weighted by Gasteiger charge is 2.26. The summed E-state index contributed by atoms with van der Waals surface area (Å²) in [5, 5.41) is 8.52. The first-order valence-electron chi connectivity index (χ1n) is 10.9. The smallest absolute Gasteiger partial charge is 0.257 e. The maximum Gasteiger partial charge on any atom is 0.257 e. The van der Waals surface area contributed by atoms with E-state index >= 15 is 0 Å². The third-order valence-electron chi connectivity index (χ3n) is 5.91. The van der Waals surface area contributed by atoms with Gasteiger partial charge in [-0.05, 0) is 42.7 Å². The molecule has 0 radical (unpaired) electrons. The van der Waals surface area contributed by atoms with E-state index in [4.69, 9.17) is 38.9 Å². The summed E-state index contributed by atoms with van der Waals surface area (Å²) in [7, 11) is 0. The largest absolute Gasteiger partial charge is 0.383 e. The van der Waals surface area contributed by atoms with Crippen molar-refractivity contribution < 1.29 is 4.79 Å². The zero-order chi connectivity index (χ0) is 22.9. The van der Waals surface area contributed by atoms with Crippen LogP contribution in [0.25, 0.3) is 22.2 Å². The van der Waals surface area contributed by atoms with E-state index in [2.05, 4.69) is 10.4 Å². The van der Waals surface area contributed by atoms with E-state index in [-0.39, 0.29) is 17.8 Å². The molecular formula is C24H22Cl2N6O. The van der Waals surface area contributed by atoms with Crippen LogP contribution >= 0.6 is 23.2 Å². The van der Waals surface area contributed by atoms with Crippen LogP contribution < -0.4 is 11.1 Å². The first-order chi connectivity index (χ1) is 16.0. The number of rotatable bonds is 4. The topological polar surface area (TPSA) is 98.2 Å². The first-order valence-corrected chi connectivity index (χ1v) is 11.6. The minimum Gasteiger partial charge on any atom is -0.383 e. The lowest BCUT2D eigenvalue weighted by Crippen LogP contribution is -2.36. The lowest BCUT2D eigenvalue weighted by Gasteiger charge is -2.22. The van der Waals surface area contributed by atoms with Crippen LogP contribution in [0, 0.1) is 0 Å². The number of hydrogen-bond donors (Lipinski definition) is 2. The molecule has 0 aliphatic heterocycles. The number of nitrogens with two attached hydrogens (primary N) is 1. The maximum atomic E-state index is 13.3. The highest BCUT2D eigenvalue weighted by atomic mass is 35.5. The zero-order valence-corrected chi connectivity index (χ0v) is 19.3. The van der Waals surface area contributed by atoms with Gasteiger partial charge in [0.1, 0.15) is 16.9 Å². The fraction of sp³-hybridized carbons (Fsp3) is 0.250. The number of fused-ring (bicyclic) bond motifs is 2. The number of amides is 1. The van der Waals surface area contributed by atoms with Gasteiger partial charge in [-0.25, -0.2) is 9.97 Å². The van der Waals surface area contributed by atoms with Crippen LogP contribution in [0.15, 0.2) is 47.6 Å². The Balaban J connectivity index is 1.62. The standard InChI is InChI=1S/C24H22Cl2N6O/c25-16-11-10-14(12-17(16)26)13-28-32-22(27)20(24(33)29-15-6-2-1-3-7-15)21-23(32)31-19-9-5-4-8-18(19)30-21/h4-5,8-13,15H,1-3,6-7,27H2,(H,29,33)/b28-13-. The Kier molecular flexibility index (Phi) is 5.91. The fourth-order valence-corrected chi connectivity index (χ4v) is 4.52. The summed E-state index contributed by atoms with van der Waals surface area (Å²) in [6.45, 7) is 0. The van der Waals surface area contributed by atoms with Gasteiger partial charge in [0.05, 0.1) is 27.3 Å². The molecule has 1 amide bonds. The molecule has 0 unspecified atom stereocenters. The second-order valence-corrected chi connectivity index (χ2v) is 9.00. The molecule has 33 heavy (non-hydrogen) atoms. The van der Waals surface area contributed by atoms with Gasteiger partial charge in [-0.3, -0.25) is 4.79 Å². The highest BCUT2D eigenvalue weighted by molar-refractivity contribution is 6.42. The Bertz CT molecular complexity index is 1390. The number of para-hydroxylation sites is 2. The average Bonchev–Trinajstić information content (AvgIpc) is 3.09. The molecule has 1 aliphatic carbocycles. The van der Waals surface area contributed by atoms with Gasteiger partial charge in [-0.2, -0.15) is 9.78 Å². The number of nitrogen functional groups attached to an aromatic ring is 1. The van der Waals surface area contributed by atoms with Crippen molar-refractivity contribution in [3.05, 3.63) is 63.6 Å². The summed E-state index contributed by atoms with van der Waals surface area (Å²) in [5.41, 5.74) is 9.69. The van der Waals surface area contributed by atoms with Gasteiger partial charge < -0.3 is 11.1 Å². The van der Waals surface area contributed by atoms with E-state index < -0.39 is 0 Å². The predicted octanol–water partition coefficient (Wildman–Crippen LogP) is 5.42. The molecule has 0 saturated heterocycles. The number of benzene rings is 2. The van der Waals surface area contributed by atoms with Crippen LogP contribution in [0.5, 0.6) is 0 Å². The maximum absolute atomic E-state index is 13.3. The molecule has 9 heteroatoms. The van der Waals surface area contributed by atoms with Gasteiger partial charge in [0, 0.05) is 6.04 Å². The molecule has 7 nitrogen and oxygen atoms in total. The summed E-state index contributed by atoms with van der Waals surface area (Å²) in [6.07, 6.45) is 6.95. The molecule has 4 aromatic rings. The van der Waals surface area contributed by atoms with Gasteiger partial charge in [0.2, 0.25) is 0 Å². The number of halogens is 2. The van der Waals surface area contributed by atoms with Crippen LogP contribution in [0.4, 0.5) is 5.82 Å². The van der Waals surface area contributed by atoms with Gasteiger partial charge in [-0.1, -0.05) is 60.7 Å². The molecule has 1 saturated carbocycles. The Morgan fingerprint density at radius 3 is 2.52 bits per heavy atom. The lowest BCUT2D eigenvalue weighted by atomic mass is 9.95. The van der Waals surface area contributed by atoms with E-state index in [0.717, 1.165) is 31.2 Å². The second kappa shape index (κ2) is 9.00. The number of aromatic nitrogens is 3. The van der Waals surface area contributed by atoms with Crippen molar-refractivity contribution in [1.29, 1.82) is 0 Å². The summed E-state index contributed by atoms with van der Waals surface area (Å²) >= 11 is 12.1. The zero-order valence-electron chi connectivity index (χ0n) is 17.8. The Morgan fingerprint density at radius 2 is 1.79 bits per heavy atom. The Hall–Kier alpha value is -3.16. The van der Waals surface area contributed by atoms with Crippen LogP contribution in [-0.4, -0.2) is 32.8 Å². The van der Waals surface area contributed by atoms with Crippen molar-refractivity contribution in [3.63, 3.8) is 0 Å². The molecule has 0 atom stereocenters. The molecule has 168 valence electrons. The Morgan fingerprint density at radius 1 is 1.06 bits per heavy atom. The van der Waals surface area contributed by atoms with Crippen LogP contribution in [0.2, 0.25) is 10.0 Å². The van der Waals surface area contributed by atoms with E-state index in [0.29, 0.717) is 37.8 Å². The van der Waals surface area contributed by atoms with Crippen LogP contribution in [-0.2, 0) is 0 Å². The number of carbonyl (C=O) groups is 1. The highest BCUT2D eigenvalue weighted by Crippen LogP contribution is 2.29. The van der Waals surface area contributed by atoms with Gasteiger partial charge >= 0.3 is 0 Å². The molecule has 2 aromatic carbocycles. The monoisotopic (exact) mass is 480 g/mol. The average molecular weight is 481 g/mol. The van der Waals surface area contributed by atoms with Gasteiger partial charge in [0.15, 0.2) is 5.65 Å². The number of hydrogen-bond acceptors (Lipinski definition) is 5. The van der Waals surface area contributed by atoms with E-state index in [9.17, 15) is 4.79 Å². The predicted molar refractivity (Wildman–Crippen MR) is 133 cm³/mol. The summed E-state index contributed by atoms with van der Waals surface area (Å²) in [6, 6.07) is 12.8. The van der Waals surface area contributed by atoms with Crippen molar-refractivity contribution >= 4 is 63.3 Å². The first kappa shape index (κ1) is 21.7. The molecule has 0 bridgehead atoms. The number of nitrogens with one attached hydrogen (secondary N) is 1. The fourth-order valence-electron chi connectivity index (χ4n) is 4.21. The van der Waals surface area contributed by atoms with Crippen molar-refractivity contribution in [2.45, 2.75) is 38.1 Å². The van der Waals surface area contributed by atoms with Crippen molar-refractivity contribution in [2.75, 3.05) is 5.73 Å². The van der Waals surface area contributed by atoms with E-state index in [1.165, 1.54) is 11.1 Å². The summed E-state index contributed by atoms with van der Waals surface area (Å²) in [5.74, 6) is -0.0672. The Labute approximate surface area is 200 Å². The number of nitrogens with zero attached hydrogens (tertiary/aromatic N) is 4. The number of anilines is 1. The molecule has 0 spiro atoms. The van der Waals surface area contributed by atoms with Crippen molar-refractivity contribution in [1.82, 2.24) is 20.0 Å². The van der Waals surface area contributed by atoms with Crippen LogP contribution in [0.1, 0.15) is 48.0 Å². The molecule has 5 rings (SSSR count). The van der Waals surface area contributed by atoms with Gasteiger partial charge in [0.25, 0.3) is 5.91 Å². The molecule has 3 N–H and O–H groups in total. The van der Waals surface area contributed by atoms with Crippen molar-refractivity contribution in [2.24, 2.45) is 5.10 Å². The third kappa shape index (κ3) is 4.26. The molecule has 1 fully saturated rings. The summed E-state index contributed by atoms with van der Waals surface area (Å²) in [4.78, 5) is 22.7. The minimum absolute atomic E-state index is 0.136. The molecule has 1 aliphatic rings. The molecule has 2 heterocycles. The van der Waals surface area contributed by atoms with Crippen molar-refractivity contribution in [3.8, 4) is 0 Å². The minimum atomic E-state index is -0.252. The van der Waals surface area contributed by atoms with E-state index in [1.54, 1.807) is 24.4 Å². The van der Waals surface area contributed by atoms with E-state index in [1.807, 2.05) is 24.3 Å². The lowest BCUT2D eigenvalue weighted by molar-refractivity contribution is 0.0930. The van der Waals surface area contributed by atoms with Crippen LogP contribution in [0.3, 0.4) is 0 Å². The summed E-state index contributed by atoms with van der Waals surface area (Å²) < 4.78 is 1.45. The SMILES string of the molecule is Nc1c(C(=O)NC2CCCCC2)c2nc3ccccc3nc2n1/N=C\c1ccc(Cl)c(Cl)c1. The molecule has 2 aromatic heterocycles. The normalized spacial score (nSPS) is 15.0. The number of carbonyl (C=O) groups excluding carboxylic acids is 1. The van der Waals surface area contributed by atoms with Gasteiger partial charge in [-0.15, -0.1) is 0 Å².